The molecule has 19 heavy (non-hydrogen) atoms. The third-order valence-corrected chi connectivity index (χ3v) is 3.00. The van der Waals surface area contributed by atoms with E-state index in [1.54, 1.807) is 32.0 Å². The van der Waals surface area contributed by atoms with E-state index in [1.807, 2.05) is 0 Å². The molecule has 1 aromatic carbocycles. The molecule has 1 aromatic heterocycles. The van der Waals surface area contributed by atoms with E-state index in [4.69, 9.17) is 16.3 Å². The van der Waals surface area contributed by atoms with Gasteiger partial charge in [0.2, 0.25) is 0 Å². The molecule has 1 heterocycles. The molecule has 0 saturated heterocycles. The van der Waals surface area contributed by atoms with Gasteiger partial charge in [0.25, 0.3) is 5.91 Å². The molecule has 0 aliphatic carbocycles. The van der Waals surface area contributed by atoms with Crippen molar-refractivity contribution in [1.29, 1.82) is 0 Å². The van der Waals surface area contributed by atoms with Crippen LogP contribution in [0.1, 0.15) is 21.7 Å². The molecule has 0 fully saturated rings. The van der Waals surface area contributed by atoms with Gasteiger partial charge in [-0.25, -0.2) is 0 Å². The van der Waals surface area contributed by atoms with Crippen molar-refractivity contribution < 1.29 is 9.53 Å². The van der Waals surface area contributed by atoms with Gasteiger partial charge in [0.15, 0.2) is 0 Å². The minimum absolute atomic E-state index is 0.246. The molecule has 2 rings (SSSR count). The molecule has 0 bridgehead atoms. The molecular formula is C13H14ClN3O2. The van der Waals surface area contributed by atoms with E-state index in [2.05, 4.69) is 15.5 Å². The molecular weight excluding hydrogens is 266 g/mol. The molecule has 0 saturated carbocycles. The van der Waals surface area contributed by atoms with Crippen LogP contribution in [-0.2, 0) is 0 Å². The molecule has 0 atom stereocenters. The molecule has 2 N–H and O–H groups in total. The number of aromatic amines is 1. The molecule has 6 heteroatoms. The van der Waals surface area contributed by atoms with Crippen LogP contribution in [0.4, 0.5) is 5.69 Å². The fraction of sp³-hybridized carbons (Fsp3) is 0.231. The molecule has 0 radical (unpaired) electrons. The van der Waals surface area contributed by atoms with E-state index < -0.39 is 0 Å². The van der Waals surface area contributed by atoms with Crippen molar-refractivity contribution in [1.82, 2.24) is 10.2 Å². The number of hydrogen-bond acceptors (Lipinski definition) is 3. The zero-order chi connectivity index (χ0) is 14.0. The number of hydrogen-bond donors (Lipinski definition) is 2. The lowest BCUT2D eigenvalue weighted by atomic mass is 10.2. The quantitative estimate of drug-likeness (QED) is 0.908. The fourth-order valence-corrected chi connectivity index (χ4v) is 2.02. The smallest absolute Gasteiger partial charge is 0.259 e. The molecule has 0 aliphatic rings. The summed E-state index contributed by atoms with van der Waals surface area (Å²) in [4.78, 5) is 12.2. The van der Waals surface area contributed by atoms with Gasteiger partial charge in [-0.05, 0) is 32.0 Å². The van der Waals surface area contributed by atoms with Gasteiger partial charge in [0.05, 0.1) is 24.1 Å². The summed E-state index contributed by atoms with van der Waals surface area (Å²) in [7, 11) is 1.53. The number of nitrogens with one attached hydrogen (secondary N) is 2. The Morgan fingerprint density at radius 3 is 2.74 bits per heavy atom. The third kappa shape index (κ3) is 2.71. The van der Waals surface area contributed by atoms with Crippen LogP contribution in [0, 0.1) is 13.8 Å². The van der Waals surface area contributed by atoms with Gasteiger partial charge in [-0.3, -0.25) is 9.89 Å². The summed E-state index contributed by atoms with van der Waals surface area (Å²) >= 11 is 5.92. The summed E-state index contributed by atoms with van der Waals surface area (Å²) in [6, 6.07) is 5.04. The van der Waals surface area contributed by atoms with Gasteiger partial charge < -0.3 is 10.1 Å². The predicted octanol–water partition coefficient (Wildman–Crippen LogP) is 2.94. The number of methoxy groups -OCH3 is 1. The predicted molar refractivity (Wildman–Crippen MR) is 74.0 cm³/mol. The van der Waals surface area contributed by atoms with Crippen molar-refractivity contribution in [2.75, 3.05) is 12.4 Å². The summed E-state index contributed by atoms with van der Waals surface area (Å²) in [5.74, 6) is 0.306. The first-order valence-electron chi connectivity index (χ1n) is 5.69. The second-order valence-corrected chi connectivity index (χ2v) is 4.54. The number of nitrogens with zero attached hydrogens (tertiary/aromatic N) is 1. The zero-order valence-electron chi connectivity index (χ0n) is 10.9. The van der Waals surface area contributed by atoms with Crippen LogP contribution in [0.5, 0.6) is 5.75 Å². The Morgan fingerprint density at radius 1 is 1.42 bits per heavy atom. The summed E-state index contributed by atoms with van der Waals surface area (Å²) < 4.78 is 5.18. The van der Waals surface area contributed by atoms with Crippen LogP contribution in [0.25, 0.3) is 0 Å². The first-order chi connectivity index (χ1) is 9.02. The number of halogens is 1. The number of amides is 1. The fourth-order valence-electron chi connectivity index (χ4n) is 1.85. The highest BCUT2D eigenvalue weighted by Crippen LogP contribution is 2.28. The second kappa shape index (κ2) is 5.32. The Hall–Kier alpha value is -2.01. The number of carbonyl (C=O) groups is 1. The van der Waals surface area contributed by atoms with Gasteiger partial charge in [-0.15, -0.1) is 0 Å². The van der Waals surface area contributed by atoms with Crippen LogP contribution in [-0.4, -0.2) is 23.2 Å². The average molecular weight is 280 g/mol. The average Bonchev–Trinajstić information content (AvgIpc) is 2.69. The molecule has 2 aromatic rings. The van der Waals surface area contributed by atoms with Gasteiger partial charge >= 0.3 is 0 Å². The van der Waals surface area contributed by atoms with Crippen molar-refractivity contribution in [2.45, 2.75) is 13.8 Å². The summed E-state index contributed by atoms with van der Waals surface area (Å²) in [6.07, 6.45) is 0. The number of anilines is 1. The molecule has 0 spiro atoms. The topological polar surface area (TPSA) is 67.0 Å². The van der Waals surface area contributed by atoms with Crippen molar-refractivity contribution in [3.8, 4) is 5.75 Å². The highest BCUT2D eigenvalue weighted by molar-refractivity contribution is 6.31. The number of rotatable bonds is 3. The summed E-state index contributed by atoms with van der Waals surface area (Å²) in [6.45, 7) is 3.57. The maximum Gasteiger partial charge on any atom is 0.259 e. The lowest BCUT2D eigenvalue weighted by Gasteiger charge is -2.10. The van der Waals surface area contributed by atoms with Crippen molar-refractivity contribution in [2.24, 2.45) is 0 Å². The maximum absolute atomic E-state index is 12.2. The normalized spacial score (nSPS) is 10.3. The Balaban J connectivity index is 2.31. The van der Waals surface area contributed by atoms with Crippen molar-refractivity contribution >= 4 is 23.2 Å². The number of H-pyrrole nitrogens is 1. The number of benzene rings is 1. The highest BCUT2D eigenvalue weighted by atomic mass is 35.5. The van der Waals surface area contributed by atoms with Crippen LogP contribution in [0.15, 0.2) is 18.2 Å². The maximum atomic E-state index is 12.2. The third-order valence-electron chi connectivity index (χ3n) is 2.76. The minimum Gasteiger partial charge on any atom is -0.495 e. The number of aryl methyl sites for hydroxylation is 2. The van der Waals surface area contributed by atoms with Crippen LogP contribution in [0.2, 0.25) is 5.02 Å². The number of ether oxygens (including phenoxy) is 1. The second-order valence-electron chi connectivity index (χ2n) is 4.11. The molecule has 100 valence electrons. The highest BCUT2D eigenvalue weighted by Gasteiger charge is 2.17. The van der Waals surface area contributed by atoms with Gasteiger partial charge in [0.1, 0.15) is 5.75 Å². The van der Waals surface area contributed by atoms with Crippen LogP contribution in [0.3, 0.4) is 0 Å². The van der Waals surface area contributed by atoms with Crippen molar-refractivity contribution in [3.05, 3.63) is 40.2 Å². The van der Waals surface area contributed by atoms with Crippen LogP contribution < -0.4 is 10.1 Å². The first kappa shape index (κ1) is 13.4. The van der Waals surface area contributed by atoms with Gasteiger partial charge in [0, 0.05) is 10.7 Å². The summed E-state index contributed by atoms with van der Waals surface area (Å²) in [5, 5.41) is 10.1. The SMILES string of the molecule is COc1ccc(Cl)cc1NC(=O)c1c(C)n[nH]c1C. The number of carbonyl (C=O) groups excluding carboxylic acids is 1. The Labute approximate surface area is 115 Å². The van der Waals surface area contributed by atoms with E-state index in [-0.39, 0.29) is 5.91 Å². The largest absolute Gasteiger partial charge is 0.495 e. The molecule has 0 unspecified atom stereocenters. The first-order valence-corrected chi connectivity index (χ1v) is 6.07. The van der Waals surface area contributed by atoms with E-state index in [1.165, 1.54) is 7.11 Å². The summed E-state index contributed by atoms with van der Waals surface area (Å²) in [5.41, 5.74) is 2.43. The monoisotopic (exact) mass is 279 g/mol. The van der Waals surface area contributed by atoms with Crippen LogP contribution >= 0.6 is 11.6 Å². The van der Waals surface area contributed by atoms with Gasteiger partial charge in [-0.1, -0.05) is 11.6 Å². The van der Waals surface area contributed by atoms with Gasteiger partial charge in [-0.2, -0.15) is 5.10 Å². The Kier molecular flexibility index (Phi) is 3.76. The molecule has 0 aliphatic heterocycles. The Bertz CT molecular complexity index is 603. The molecule has 1 amide bonds. The van der Waals surface area contributed by atoms with Crippen molar-refractivity contribution in [3.63, 3.8) is 0 Å². The number of aromatic nitrogens is 2. The van der Waals surface area contributed by atoms with E-state index in [0.717, 1.165) is 5.69 Å². The van der Waals surface area contributed by atoms with E-state index in [0.29, 0.717) is 27.7 Å². The lowest BCUT2D eigenvalue weighted by Crippen LogP contribution is -2.14. The zero-order valence-corrected chi connectivity index (χ0v) is 11.6. The van der Waals surface area contributed by atoms with E-state index >= 15 is 0 Å². The van der Waals surface area contributed by atoms with E-state index in [9.17, 15) is 4.79 Å². The minimum atomic E-state index is -0.246. The lowest BCUT2D eigenvalue weighted by molar-refractivity contribution is 0.102. The Morgan fingerprint density at radius 2 is 2.16 bits per heavy atom. The molecule has 5 nitrogen and oxygen atoms in total. The standard InChI is InChI=1S/C13H14ClN3O2/c1-7-12(8(2)17-16-7)13(18)15-10-6-9(14)4-5-11(10)19-3/h4-6H,1-3H3,(H,15,18)(H,16,17).